The van der Waals surface area contributed by atoms with Crippen LogP contribution < -0.4 is 10.9 Å². The van der Waals surface area contributed by atoms with Crippen molar-refractivity contribution in [3.63, 3.8) is 0 Å². The molecule has 8 nitrogen and oxygen atoms in total. The first-order chi connectivity index (χ1) is 12.1. The minimum Gasteiger partial charge on any atom is -0.463 e. The Bertz CT molecular complexity index is 1040. The predicted molar refractivity (Wildman–Crippen MR) is 90.6 cm³/mol. The summed E-state index contributed by atoms with van der Waals surface area (Å²) < 4.78 is 5.33. The molecule has 124 valence electrons. The quantitative estimate of drug-likeness (QED) is 0.446. The van der Waals surface area contributed by atoms with Gasteiger partial charge >= 0.3 is 0 Å². The SMILES string of the molecule is O=C(N/N=C/c1coc2ccccc2c1=O)c1ccc([N+](=O)[O-])cc1. The average molecular weight is 337 g/mol. The number of amides is 1. The summed E-state index contributed by atoms with van der Waals surface area (Å²) in [7, 11) is 0. The van der Waals surface area contributed by atoms with Gasteiger partial charge in [-0.3, -0.25) is 19.7 Å². The van der Waals surface area contributed by atoms with Crippen molar-refractivity contribution in [2.45, 2.75) is 0 Å². The van der Waals surface area contributed by atoms with E-state index < -0.39 is 10.8 Å². The van der Waals surface area contributed by atoms with Crippen LogP contribution in [0.2, 0.25) is 0 Å². The Balaban J connectivity index is 1.74. The Labute approximate surface area is 140 Å². The summed E-state index contributed by atoms with van der Waals surface area (Å²) in [6.07, 6.45) is 2.44. The van der Waals surface area contributed by atoms with Gasteiger partial charge in [-0.1, -0.05) is 12.1 Å². The Morgan fingerprint density at radius 1 is 1.16 bits per heavy atom. The van der Waals surface area contributed by atoms with Crippen LogP contribution in [0.4, 0.5) is 5.69 Å². The standard InChI is InChI=1S/C17H11N3O5/c21-16-12(10-25-15-4-2-1-3-14(15)16)9-18-19-17(22)11-5-7-13(8-6-11)20(23)24/h1-10H,(H,19,22)/b18-9+. The zero-order valence-corrected chi connectivity index (χ0v) is 12.7. The van der Waals surface area contributed by atoms with Crippen LogP contribution in [0.1, 0.15) is 15.9 Å². The van der Waals surface area contributed by atoms with Gasteiger partial charge in [0.25, 0.3) is 11.6 Å². The van der Waals surface area contributed by atoms with Crippen LogP contribution in [0.25, 0.3) is 11.0 Å². The van der Waals surface area contributed by atoms with E-state index in [1.165, 1.54) is 36.7 Å². The predicted octanol–water partition coefficient (Wildman–Crippen LogP) is 2.47. The molecule has 0 saturated heterocycles. The second-order valence-electron chi connectivity index (χ2n) is 5.02. The lowest BCUT2D eigenvalue weighted by molar-refractivity contribution is -0.384. The molecule has 0 spiro atoms. The Hall–Kier alpha value is -3.81. The van der Waals surface area contributed by atoms with Gasteiger partial charge in [-0.2, -0.15) is 5.10 Å². The van der Waals surface area contributed by atoms with E-state index in [1.54, 1.807) is 24.3 Å². The number of nitro benzene ring substituents is 1. The van der Waals surface area contributed by atoms with Crippen molar-refractivity contribution in [3.8, 4) is 0 Å². The largest absolute Gasteiger partial charge is 0.463 e. The fraction of sp³-hybridized carbons (Fsp3) is 0. The second kappa shape index (κ2) is 6.75. The van der Waals surface area contributed by atoms with Crippen LogP contribution >= 0.6 is 0 Å². The molecule has 0 atom stereocenters. The zero-order chi connectivity index (χ0) is 17.8. The molecule has 0 saturated carbocycles. The van der Waals surface area contributed by atoms with Gasteiger partial charge in [0.15, 0.2) is 0 Å². The van der Waals surface area contributed by atoms with Crippen LogP contribution in [0.3, 0.4) is 0 Å². The van der Waals surface area contributed by atoms with Crippen molar-refractivity contribution in [1.29, 1.82) is 0 Å². The van der Waals surface area contributed by atoms with Crippen molar-refractivity contribution in [3.05, 3.63) is 86.3 Å². The fourth-order valence-corrected chi connectivity index (χ4v) is 2.14. The lowest BCUT2D eigenvalue weighted by Crippen LogP contribution is -2.18. The van der Waals surface area contributed by atoms with Gasteiger partial charge in [0.2, 0.25) is 5.43 Å². The maximum atomic E-state index is 12.2. The lowest BCUT2D eigenvalue weighted by atomic mass is 10.2. The summed E-state index contributed by atoms with van der Waals surface area (Å²) in [6, 6.07) is 11.8. The number of hydrazone groups is 1. The van der Waals surface area contributed by atoms with Crippen LogP contribution in [0.15, 0.2) is 69.1 Å². The molecule has 3 rings (SSSR count). The van der Waals surface area contributed by atoms with Crippen molar-refractivity contribution < 1.29 is 14.1 Å². The number of fused-ring (bicyclic) bond motifs is 1. The highest BCUT2D eigenvalue weighted by atomic mass is 16.6. The van der Waals surface area contributed by atoms with E-state index in [0.29, 0.717) is 11.0 Å². The average Bonchev–Trinajstić information content (AvgIpc) is 2.64. The first-order valence-electron chi connectivity index (χ1n) is 7.14. The molecule has 1 heterocycles. The van der Waals surface area contributed by atoms with Gasteiger partial charge in [-0.05, 0) is 24.3 Å². The van der Waals surface area contributed by atoms with Crippen molar-refractivity contribution in [2.75, 3.05) is 0 Å². The van der Waals surface area contributed by atoms with Gasteiger partial charge in [-0.25, -0.2) is 5.43 Å². The summed E-state index contributed by atoms with van der Waals surface area (Å²) in [6.45, 7) is 0. The number of nitro groups is 1. The molecule has 0 aliphatic heterocycles. The molecule has 1 aromatic heterocycles. The number of rotatable bonds is 4. The number of para-hydroxylation sites is 1. The van der Waals surface area contributed by atoms with Crippen molar-refractivity contribution >= 4 is 28.8 Å². The van der Waals surface area contributed by atoms with E-state index in [1.807, 2.05) is 0 Å². The highest BCUT2D eigenvalue weighted by molar-refractivity contribution is 5.95. The van der Waals surface area contributed by atoms with Crippen LogP contribution in [-0.2, 0) is 0 Å². The number of benzene rings is 2. The van der Waals surface area contributed by atoms with Gasteiger partial charge in [0.05, 0.1) is 22.1 Å². The highest BCUT2D eigenvalue weighted by Gasteiger charge is 2.09. The molecule has 0 aliphatic rings. The Kier molecular flexibility index (Phi) is 4.34. The topological polar surface area (TPSA) is 115 Å². The number of nitrogens with zero attached hydrogens (tertiary/aromatic N) is 2. The third kappa shape index (κ3) is 3.42. The maximum Gasteiger partial charge on any atom is 0.271 e. The van der Waals surface area contributed by atoms with E-state index in [4.69, 9.17) is 4.42 Å². The van der Waals surface area contributed by atoms with Gasteiger partial charge in [-0.15, -0.1) is 0 Å². The first-order valence-corrected chi connectivity index (χ1v) is 7.14. The number of carbonyl (C=O) groups is 1. The maximum absolute atomic E-state index is 12.2. The van der Waals surface area contributed by atoms with Crippen LogP contribution in [-0.4, -0.2) is 17.0 Å². The molecule has 1 N–H and O–H groups in total. The molecule has 0 unspecified atom stereocenters. The third-order valence-corrected chi connectivity index (χ3v) is 3.42. The molecule has 2 aromatic carbocycles. The molecule has 0 aliphatic carbocycles. The van der Waals surface area contributed by atoms with E-state index >= 15 is 0 Å². The third-order valence-electron chi connectivity index (χ3n) is 3.42. The van der Waals surface area contributed by atoms with Crippen molar-refractivity contribution in [1.82, 2.24) is 5.43 Å². The molecule has 3 aromatic rings. The summed E-state index contributed by atoms with van der Waals surface area (Å²) in [5, 5.41) is 14.7. The molecule has 25 heavy (non-hydrogen) atoms. The van der Waals surface area contributed by atoms with E-state index in [-0.39, 0.29) is 22.2 Å². The Morgan fingerprint density at radius 2 is 1.88 bits per heavy atom. The number of non-ortho nitro benzene ring substituents is 1. The molecule has 1 amide bonds. The zero-order valence-electron chi connectivity index (χ0n) is 12.7. The normalized spacial score (nSPS) is 10.9. The number of hydrogen-bond acceptors (Lipinski definition) is 6. The van der Waals surface area contributed by atoms with E-state index in [9.17, 15) is 19.7 Å². The van der Waals surface area contributed by atoms with Gasteiger partial charge in [0.1, 0.15) is 11.8 Å². The number of carbonyl (C=O) groups excluding carboxylic acids is 1. The summed E-state index contributed by atoms with van der Waals surface area (Å²) in [5.41, 5.74) is 2.71. The van der Waals surface area contributed by atoms with Crippen LogP contribution in [0, 0.1) is 10.1 Å². The van der Waals surface area contributed by atoms with E-state index in [2.05, 4.69) is 10.5 Å². The minimum absolute atomic E-state index is 0.117. The summed E-state index contributed by atoms with van der Waals surface area (Å²) in [4.78, 5) is 34.2. The number of hydrogen-bond donors (Lipinski definition) is 1. The Morgan fingerprint density at radius 3 is 2.60 bits per heavy atom. The van der Waals surface area contributed by atoms with Gasteiger partial charge in [0, 0.05) is 17.7 Å². The number of nitrogens with one attached hydrogen (secondary N) is 1. The lowest BCUT2D eigenvalue weighted by Gasteiger charge is -2.00. The van der Waals surface area contributed by atoms with Gasteiger partial charge < -0.3 is 4.42 Å². The second-order valence-corrected chi connectivity index (χ2v) is 5.02. The molecule has 8 heteroatoms. The molecule has 0 radical (unpaired) electrons. The summed E-state index contributed by atoms with van der Waals surface area (Å²) >= 11 is 0. The smallest absolute Gasteiger partial charge is 0.271 e. The molecule has 0 fully saturated rings. The highest BCUT2D eigenvalue weighted by Crippen LogP contribution is 2.12. The van der Waals surface area contributed by atoms with Crippen molar-refractivity contribution in [2.24, 2.45) is 5.10 Å². The molecular weight excluding hydrogens is 326 g/mol. The minimum atomic E-state index is -0.559. The monoisotopic (exact) mass is 337 g/mol. The molecule has 0 bridgehead atoms. The first kappa shape index (κ1) is 16.1. The molecular formula is C17H11N3O5. The van der Waals surface area contributed by atoms with Crippen LogP contribution in [0.5, 0.6) is 0 Å². The summed E-state index contributed by atoms with van der Waals surface area (Å²) in [5.74, 6) is -0.559. The fourth-order valence-electron chi connectivity index (χ4n) is 2.14. The van der Waals surface area contributed by atoms with E-state index in [0.717, 1.165) is 0 Å².